The fourth-order valence-electron chi connectivity index (χ4n) is 7.17. The van der Waals surface area contributed by atoms with Crippen LogP contribution in [0, 0.1) is 0 Å². The largest absolute Gasteiger partial charge is 0.392 e. The highest BCUT2D eigenvalue weighted by Crippen LogP contribution is 2.37. The molecule has 0 bridgehead atoms. The third-order valence-electron chi connectivity index (χ3n) is 10.8. The number of ether oxygens (including phenoxy) is 4. The van der Waals surface area contributed by atoms with Gasteiger partial charge in [-0.25, -0.2) is 0 Å². The van der Waals surface area contributed by atoms with Crippen molar-refractivity contribution in [3.8, 4) is 0 Å². The lowest BCUT2D eigenvalue weighted by Crippen LogP contribution is -2.56. The lowest BCUT2D eigenvalue weighted by Gasteiger charge is -2.37. The quantitative estimate of drug-likeness (QED) is 0.0262. The van der Waals surface area contributed by atoms with Crippen LogP contribution in [0.1, 0.15) is 48.9 Å². The van der Waals surface area contributed by atoms with Crippen LogP contribution in [-0.4, -0.2) is 129 Å². The van der Waals surface area contributed by atoms with Crippen molar-refractivity contribution in [3.05, 3.63) is 150 Å². The molecule has 1 aliphatic heterocycles. The second-order valence-corrected chi connectivity index (χ2v) is 15.9. The molecule has 0 saturated carbocycles. The van der Waals surface area contributed by atoms with Crippen molar-refractivity contribution in [2.24, 2.45) is 0 Å². The Morgan fingerprint density at radius 2 is 1.00 bits per heavy atom. The Bertz CT molecular complexity index is 2220. The summed E-state index contributed by atoms with van der Waals surface area (Å²) in [6, 6.07) is 31.0. The molecule has 0 spiro atoms. The molecule has 18 nitrogen and oxygen atoms in total. The summed E-state index contributed by atoms with van der Waals surface area (Å²) in [5.74, 6) is -3.87. The molecule has 18 heteroatoms. The van der Waals surface area contributed by atoms with Crippen molar-refractivity contribution in [3.63, 3.8) is 0 Å². The maximum atomic E-state index is 14.4. The van der Waals surface area contributed by atoms with Gasteiger partial charge in [0.25, 0.3) is 11.8 Å². The van der Waals surface area contributed by atoms with Crippen LogP contribution in [0.15, 0.2) is 127 Å². The topological polar surface area (TPSA) is 240 Å². The highest BCUT2D eigenvalue weighted by Gasteiger charge is 2.39. The van der Waals surface area contributed by atoms with E-state index in [1.165, 1.54) is 26.0 Å². The molecule has 0 aromatic heterocycles. The number of rotatable bonds is 29. The summed E-state index contributed by atoms with van der Waals surface area (Å²) < 4.78 is 21.7. The maximum absolute atomic E-state index is 14.4. The SMILES string of the molecule is C[C@H](NC(=O)CCOCCOCCOCCOCCN1C(=O)C=CC1=O)C(=O)N[C@@H](C)C(=O)N[C@@H](CC(=O)NC(c1ccccc1)(c1ccccc1)c1ccccc1)C(=O)Nc1ccc(CO)cc1. The third-order valence-corrected chi connectivity index (χ3v) is 10.8. The molecule has 6 N–H and O–H groups in total. The van der Waals surface area contributed by atoms with Crippen molar-refractivity contribution in [2.45, 2.75) is 57.0 Å². The number of anilines is 1. The number of hydrogen-bond donors (Lipinski definition) is 6. The van der Waals surface area contributed by atoms with E-state index in [0.717, 1.165) is 21.6 Å². The molecule has 1 heterocycles. The van der Waals surface area contributed by atoms with Gasteiger partial charge in [0.2, 0.25) is 29.5 Å². The minimum absolute atomic E-state index is 0.0466. The van der Waals surface area contributed by atoms with E-state index in [1.807, 2.05) is 91.0 Å². The summed E-state index contributed by atoms with van der Waals surface area (Å²) >= 11 is 0. The summed E-state index contributed by atoms with van der Waals surface area (Å²) in [5.41, 5.74) is 2.04. The number of amides is 7. The predicted molar refractivity (Wildman–Crippen MR) is 254 cm³/mol. The first-order valence-corrected chi connectivity index (χ1v) is 22.6. The number of imide groups is 1. The first-order chi connectivity index (χ1) is 33.4. The maximum Gasteiger partial charge on any atom is 0.253 e. The Hall–Kier alpha value is -7.09. The first-order valence-electron chi connectivity index (χ1n) is 22.6. The van der Waals surface area contributed by atoms with Gasteiger partial charge in [0.05, 0.1) is 72.4 Å². The number of carbonyl (C=O) groups is 7. The fourth-order valence-corrected chi connectivity index (χ4v) is 7.17. The van der Waals surface area contributed by atoms with Gasteiger partial charge in [0, 0.05) is 24.3 Å². The van der Waals surface area contributed by atoms with Gasteiger partial charge in [0.1, 0.15) is 23.7 Å². The monoisotopic (exact) mass is 948 g/mol. The minimum atomic E-state index is -1.42. The van der Waals surface area contributed by atoms with E-state index in [1.54, 1.807) is 24.3 Å². The van der Waals surface area contributed by atoms with E-state index in [-0.39, 0.29) is 57.8 Å². The molecule has 69 heavy (non-hydrogen) atoms. The summed E-state index contributed by atoms with van der Waals surface area (Å²) in [6.45, 7) is 4.80. The van der Waals surface area contributed by atoms with E-state index < -0.39 is 59.6 Å². The number of benzene rings is 4. The molecule has 4 aromatic carbocycles. The van der Waals surface area contributed by atoms with Crippen LogP contribution in [0.25, 0.3) is 0 Å². The number of aliphatic hydroxyl groups is 1. The van der Waals surface area contributed by atoms with Gasteiger partial charge in [0.15, 0.2) is 0 Å². The Morgan fingerprint density at radius 3 is 1.49 bits per heavy atom. The summed E-state index contributed by atoms with van der Waals surface area (Å²) in [5, 5.41) is 23.2. The first kappa shape index (κ1) is 52.9. The summed E-state index contributed by atoms with van der Waals surface area (Å²) in [7, 11) is 0. The van der Waals surface area contributed by atoms with Gasteiger partial charge < -0.3 is 50.6 Å². The smallest absolute Gasteiger partial charge is 0.253 e. The van der Waals surface area contributed by atoms with Gasteiger partial charge in [-0.1, -0.05) is 103 Å². The fraction of sp³-hybridized carbons (Fsp3) is 0.353. The molecule has 3 atom stereocenters. The zero-order valence-corrected chi connectivity index (χ0v) is 38.7. The number of aliphatic hydroxyl groups excluding tert-OH is 1. The number of carbonyl (C=O) groups excluding carboxylic acids is 7. The lowest BCUT2D eigenvalue weighted by molar-refractivity contribution is -0.138. The second-order valence-electron chi connectivity index (χ2n) is 15.9. The van der Waals surface area contributed by atoms with Crippen molar-refractivity contribution < 1.29 is 57.6 Å². The molecule has 4 aromatic rings. The van der Waals surface area contributed by atoms with Crippen LogP contribution < -0.4 is 26.6 Å². The Balaban J connectivity index is 1.08. The number of hydrogen-bond acceptors (Lipinski definition) is 12. The molecular formula is C51H60N6O12. The van der Waals surface area contributed by atoms with E-state index in [0.29, 0.717) is 37.7 Å². The predicted octanol–water partition coefficient (Wildman–Crippen LogP) is 2.49. The second kappa shape index (κ2) is 27.7. The molecule has 1 aliphatic rings. The molecule has 0 aliphatic carbocycles. The molecule has 5 rings (SSSR count). The molecule has 0 unspecified atom stereocenters. The normalized spacial score (nSPS) is 13.6. The number of nitrogens with one attached hydrogen (secondary N) is 5. The van der Waals surface area contributed by atoms with E-state index in [9.17, 15) is 38.7 Å². The molecular weight excluding hydrogens is 889 g/mol. The van der Waals surface area contributed by atoms with Gasteiger partial charge in [-0.05, 0) is 48.2 Å². The molecule has 7 amide bonds. The molecule has 0 radical (unpaired) electrons. The van der Waals surface area contributed by atoms with Crippen molar-refractivity contribution >= 4 is 47.0 Å². The summed E-state index contributed by atoms with van der Waals surface area (Å²) in [4.78, 5) is 91.9. The number of nitrogens with zero attached hydrogens (tertiary/aromatic N) is 1. The zero-order valence-electron chi connectivity index (χ0n) is 38.7. The van der Waals surface area contributed by atoms with E-state index >= 15 is 0 Å². The van der Waals surface area contributed by atoms with Crippen LogP contribution >= 0.6 is 0 Å². The zero-order chi connectivity index (χ0) is 49.4. The molecule has 366 valence electrons. The molecule has 0 saturated heterocycles. The lowest BCUT2D eigenvalue weighted by atomic mass is 9.77. The standard InChI is InChI=1S/C51H60N6O12/c1-36(52-44(59)24-26-66-28-30-68-32-33-69-31-29-67-27-25-57-46(61)22-23-47(57)62)48(63)53-37(2)49(64)55-43(50(65)54-42-20-18-38(35-58)19-21-42)34-45(60)56-51(39-12-6-3-7-13-39,40-14-8-4-9-15-40)41-16-10-5-11-17-41/h3-23,36-37,43,58H,24-35H2,1-2H3,(H,52,59)(H,53,63)(H,54,65)(H,55,64)(H,56,60)/t36-,37-,43-/m0/s1. The van der Waals surface area contributed by atoms with Crippen LogP contribution in [0.2, 0.25) is 0 Å². The van der Waals surface area contributed by atoms with Gasteiger partial charge in [-0.15, -0.1) is 0 Å². The van der Waals surface area contributed by atoms with Crippen molar-refractivity contribution in [1.29, 1.82) is 0 Å². The van der Waals surface area contributed by atoms with E-state index in [2.05, 4.69) is 26.6 Å². The summed E-state index contributed by atoms with van der Waals surface area (Å²) in [6.07, 6.45) is 1.90. The van der Waals surface area contributed by atoms with Crippen molar-refractivity contribution in [1.82, 2.24) is 26.2 Å². The van der Waals surface area contributed by atoms with Gasteiger partial charge in [-0.3, -0.25) is 38.5 Å². The Kier molecular flexibility index (Phi) is 21.2. The Labute approximate surface area is 401 Å². The highest BCUT2D eigenvalue weighted by molar-refractivity contribution is 6.12. The highest BCUT2D eigenvalue weighted by atomic mass is 16.6. The molecule has 0 fully saturated rings. The van der Waals surface area contributed by atoms with Crippen LogP contribution in [-0.2, 0) is 64.7 Å². The van der Waals surface area contributed by atoms with Crippen LogP contribution in [0.3, 0.4) is 0 Å². The van der Waals surface area contributed by atoms with Gasteiger partial charge >= 0.3 is 0 Å². The Morgan fingerprint density at radius 1 is 0.551 bits per heavy atom. The average molecular weight is 949 g/mol. The van der Waals surface area contributed by atoms with Crippen LogP contribution in [0.4, 0.5) is 5.69 Å². The van der Waals surface area contributed by atoms with Crippen LogP contribution in [0.5, 0.6) is 0 Å². The van der Waals surface area contributed by atoms with Crippen molar-refractivity contribution in [2.75, 3.05) is 64.7 Å². The minimum Gasteiger partial charge on any atom is -0.392 e. The van der Waals surface area contributed by atoms with E-state index in [4.69, 9.17) is 18.9 Å². The van der Waals surface area contributed by atoms with Gasteiger partial charge in [-0.2, -0.15) is 0 Å². The third kappa shape index (κ3) is 16.3. The average Bonchev–Trinajstić information content (AvgIpc) is 3.68.